The van der Waals surface area contributed by atoms with Gasteiger partial charge >= 0.3 is 5.70 Å². The molecule has 1 aromatic carbocycles. The van der Waals surface area contributed by atoms with Gasteiger partial charge in [0.15, 0.2) is 11.6 Å². The summed E-state index contributed by atoms with van der Waals surface area (Å²) in [5, 5.41) is 14.8. The molecule has 134 valence electrons. The summed E-state index contributed by atoms with van der Waals surface area (Å²) in [7, 11) is 1.55. The summed E-state index contributed by atoms with van der Waals surface area (Å²) in [6, 6.07) is 5.11. The molecular formula is C17H15BrN4O4. The minimum atomic E-state index is -1.82. The number of nitrogens with zero attached hydrogens (tertiary/aromatic N) is 2. The molecule has 1 amide bonds. The second-order valence-electron chi connectivity index (χ2n) is 6.55. The molecule has 0 bridgehead atoms. The largest absolute Gasteiger partial charge is 0.380 e. The lowest BCUT2D eigenvalue weighted by Crippen LogP contribution is -2.52. The van der Waals surface area contributed by atoms with Crippen LogP contribution in [0.1, 0.15) is 24.8 Å². The number of hydrogen-bond acceptors (Lipinski definition) is 6. The van der Waals surface area contributed by atoms with Crippen LogP contribution in [0.3, 0.4) is 0 Å². The molecule has 3 aliphatic rings. The van der Waals surface area contributed by atoms with Crippen LogP contribution in [-0.2, 0) is 15.0 Å². The first-order valence-electron chi connectivity index (χ1n) is 8.06. The number of benzene rings is 1. The number of amides is 1. The molecule has 1 aliphatic carbocycles. The van der Waals surface area contributed by atoms with Gasteiger partial charge in [-0.1, -0.05) is 15.9 Å². The number of nitrogens with two attached hydrogens (primary N) is 1. The smallest absolute Gasteiger partial charge is 0.310 e. The van der Waals surface area contributed by atoms with Gasteiger partial charge in [0.2, 0.25) is 5.41 Å². The maximum atomic E-state index is 13.4. The van der Waals surface area contributed by atoms with Crippen molar-refractivity contribution in [3.8, 4) is 0 Å². The van der Waals surface area contributed by atoms with Crippen LogP contribution in [0.25, 0.3) is 0 Å². The Balaban J connectivity index is 2.17. The Hall–Kier alpha value is -2.68. The van der Waals surface area contributed by atoms with Crippen molar-refractivity contribution in [3.05, 3.63) is 61.1 Å². The van der Waals surface area contributed by atoms with E-state index in [4.69, 9.17) is 5.73 Å². The van der Waals surface area contributed by atoms with Gasteiger partial charge in [-0.15, -0.1) is 0 Å². The summed E-state index contributed by atoms with van der Waals surface area (Å²) in [6.45, 7) is 0. The summed E-state index contributed by atoms with van der Waals surface area (Å²) in [4.78, 5) is 38.9. The zero-order valence-corrected chi connectivity index (χ0v) is 15.4. The summed E-state index contributed by atoms with van der Waals surface area (Å²) in [5.74, 6) is -0.997. The number of allylic oxidation sites excluding steroid dienone is 1. The molecule has 0 saturated heterocycles. The molecule has 0 unspecified atom stereocenters. The number of nitrogens with one attached hydrogen (secondary N) is 1. The van der Waals surface area contributed by atoms with Crippen LogP contribution in [-0.4, -0.2) is 23.7 Å². The molecule has 0 fully saturated rings. The van der Waals surface area contributed by atoms with Crippen molar-refractivity contribution in [2.75, 3.05) is 11.9 Å². The SMILES string of the molecule is CN1C(=O)[C@]2(C3=C(CCCC3=O)NC(N)=C2[N+](=O)[O-])c2cc(Br)ccc21. The van der Waals surface area contributed by atoms with E-state index in [0.717, 1.165) is 0 Å². The monoisotopic (exact) mass is 418 g/mol. The number of carbonyl (C=O) groups is 2. The molecule has 1 aromatic rings. The molecule has 1 spiro atoms. The highest BCUT2D eigenvalue weighted by atomic mass is 79.9. The van der Waals surface area contributed by atoms with Gasteiger partial charge < -0.3 is 16.0 Å². The average Bonchev–Trinajstić information content (AvgIpc) is 2.77. The molecule has 0 aromatic heterocycles. The maximum absolute atomic E-state index is 13.4. The van der Waals surface area contributed by atoms with Crippen LogP contribution in [0.2, 0.25) is 0 Å². The fraction of sp³-hybridized carbons (Fsp3) is 0.294. The quantitative estimate of drug-likeness (QED) is 0.528. The van der Waals surface area contributed by atoms with Crippen LogP contribution >= 0.6 is 15.9 Å². The second-order valence-corrected chi connectivity index (χ2v) is 7.47. The number of likely N-dealkylation sites (N-methyl/N-ethyl adjacent to an activating group) is 1. The molecule has 26 heavy (non-hydrogen) atoms. The molecular weight excluding hydrogens is 404 g/mol. The number of dihydropyridines is 1. The highest BCUT2D eigenvalue weighted by Gasteiger charge is 2.65. The van der Waals surface area contributed by atoms with Crippen LogP contribution in [0, 0.1) is 10.1 Å². The molecule has 2 heterocycles. The fourth-order valence-corrected chi connectivity index (χ4v) is 4.59. The van der Waals surface area contributed by atoms with E-state index in [9.17, 15) is 19.7 Å². The number of hydrogen-bond donors (Lipinski definition) is 2. The van der Waals surface area contributed by atoms with Crippen molar-refractivity contribution in [3.63, 3.8) is 0 Å². The van der Waals surface area contributed by atoms with Crippen molar-refractivity contribution in [1.29, 1.82) is 0 Å². The number of ketones is 1. The Morgan fingerprint density at radius 1 is 1.35 bits per heavy atom. The van der Waals surface area contributed by atoms with Crippen molar-refractivity contribution in [2.45, 2.75) is 24.7 Å². The molecule has 3 N–H and O–H groups in total. The number of rotatable bonds is 1. The Kier molecular flexibility index (Phi) is 3.49. The van der Waals surface area contributed by atoms with E-state index < -0.39 is 21.9 Å². The van der Waals surface area contributed by atoms with Crippen LogP contribution in [0.15, 0.2) is 45.5 Å². The maximum Gasteiger partial charge on any atom is 0.310 e. The van der Waals surface area contributed by atoms with E-state index in [1.165, 1.54) is 4.90 Å². The summed E-state index contributed by atoms with van der Waals surface area (Å²) >= 11 is 3.37. The lowest BCUT2D eigenvalue weighted by atomic mass is 9.66. The third-order valence-corrected chi connectivity index (χ3v) is 5.71. The van der Waals surface area contributed by atoms with Gasteiger partial charge in [0, 0.05) is 40.5 Å². The minimum absolute atomic E-state index is 0.151. The Morgan fingerprint density at radius 2 is 2.08 bits per heavy atom. The lowest BCUT2D eigenvalue weighted by molar-refractivity contribution is -0.434. The summed E-state index contributed by atoms with van der Waals surface area (Å²) in [6.07, 6.45) is 1.36. The third kappa shape index (κ3) is 1.89. The molecule has 0 saturated carbocycles. The van der Waals surface area contributed by atoms with Gasteiger partial charge in [-0.25, -0.2) is 0 Å². The Morgan fingerprint density at radius 3 is 2.77 bits per heavy atom. The molecule has 9 heteroatoms. The van der Waals surface area contributed by atoms with Crippen molar-refractivity contribution in [2.24, 2.45) is 5.73 Å². The zero-order valence-electron chi connectivity index (χ0n) is 13.8. The first-order valence-corrected chi connectivity index (χ1v) is 8.86. The Bertz CT molecular complexity index is 968. The lowest BCUT2D eigenvalue weighted by Gasteiger charge is -2.36. The van der Waals surface area contributed by atoms with Crippen LogP contribution < -0.4 is 16.0 Å². The number of nitro groups is 1. The normalized spacial score (nSPS) is 24.8. The van der Waals surface area contributed by atoms with Crippen molar-refractivity contribution in [1.82, 2.24) is 5.32 Å². The van der Waals surface area contributed by atoms with Gasteiger partial charge in [0.25, 0.3) is 5.91 Å². The number of carbonyl (C=O) groups excluding carboxylic acids is 2. The van der Waals surface area contributed by atoms with Crippen LogP contribution in [0.5, 0.6) is 0 Å². The van der Waals surface area contributed by atoms with Gasteiger partial charge in [-0.2, -0.15) is 0 Å². The summed E-state index contributed by atoms with van der Waals surface area (Å²) in [5.41, 5.74) is 5.26. The highest BCUT2D eigenvalue weighted by molar-refractivity contribution is 9.10. The average molecular weight is 419 g/mol. The second kappa shape index (κ2) is 5.41. The van der Waals surface area contributed by atoms with Gasteiger partial charge in [0.1, 0.15) is 0 Å². The topological polar surface area (TPSA) is 119 Å². The number of halogens is 1. The first-order chi connectivity index (χ1) is 12.3. The number of fused-ring (bicyclic) bond motifs is 3. The fourth-order valence-electron chi connectivity index (χ4n) is 4.23. The summed E-state index contributed by atoms with van der Waals surface area (Å²) < 4.78 is 0.656. The molecule has 4 rings (SSSR count). The molecule has 0 radical (unpaired) electrons. The number of Topliss-reactive ketones (excluding diaryl/α,β-unsaturated/α-hetero) is 1. The van der Waals surface area contributed by atoms with E-state index >= 15 is 0 Å². The first kappa shape index (κ1) is 16.8. The van der Waals surface area contributed by atoms with E-state index in [2.05, 4.69) is 21.2 Å². The minimum Gasteiger partial charge on any atom is -0.380 e. The van der Waals surface area contributed by atoms with Crippen LogP contribution in [0.4, 0.5) is 5.69 Å². The van der Waals surface area contributed by atoms with E-state index in [1.807, 2.05) is 0 Å². The van der Waals surface area contributed by atoms with Gasteiger partial charge in [-0.3, -0.25) is 19.7 Å². The Labute approximate surface area is 157 Å². The van der Waals surface area contributed by atoms with Crippen molar-refractivity contribution >= 4 is 33.3 Å². The standard InChI is InChI=1S/C17H15BrN4O4/c1-21-11-6-5-8(18)7-9(11)17(16(21)24)13-10(3-2-4-12(13)23)20-15(19)14(17)22(25)26/h5-7,20H,2-4,19H2,1H3/t17-/m0/s1. The predicted octanol–water partition coefficient (Wildman–Crippen LogP) is 1.68. The molecule has 8 nitrogen and oxygen atoms in total. The van der Waals surface area contributed by atoms with Gasteiger partial charge in [-0.05, 0) is 31.0 Å². The van der Waals surface area contributed by atoms with E-state index in [0.29, 0.717) is 34.3 Å². The van der Waals surface area contributed by atoms with E-state index in [1.54, 1.807) is 25.2 Å². The molecule has 1 atom stereocenters. The van der Waals surface area contributed by atoms with Crippen molar-refractivity contribution < 1.29 is 14.5 Å². The molecule has 2 aliphatic heterocycles. The highest BCUT2D eigenvalue weighted by Crippen LogP contribution is 2.54. The number of anilines is 1. The van der Waals surface area contributed by atoms with E-state index in [-0.39, 0.29) is 23.6 Å². The third-order valence-electron chi connectivity index (χ3n) is 5.21. The van der Waals surface area contributed by atoms with Gasteiger partial charge in [0.05, 0.1) is 4.92 Å². The predicted molar refractivity (Wildman–Crippen MR) is 96.5 cm³/mol. The zero-order chi connectivity index (χ0) is 18.8.